The van der Waals surface area contributed by atoms with Crippen molar-refractivity contribution in [1.29, 1.82) is 0 Å². The zero-order chi connectivity index (χ0) is 9.47. The summed E-state index contributed by atoms with van der Waals surface area (Å²) in [6, 6.07) is 6.94. The van der Waals surface area contributed by atoms with Gasteiger partial charge in [0.05, 0.1) is 5.75 Å². The van der Waals surface area contributed by atoms with E-state index in [1.165, 1.54) is 0 Å². The molecule has 0 aromatic heterocycles. The molecule has 0 bridgehead atoms. The van der Waals surface area contributed by atoms with Gasteiger partial charge < -0.3 is 0 Å². The molecule has 2 rings (SSSR count). The maximum Gasteiger partial charge on any atom is 0.286 e. The van der Waals surface area contributed by atoms with Crippen molar-refractivity contribution in [2.24, 2.45) is 9.50 Å². The van der Waals surface area contributed by atoms with Gasteiger partial charge in [-0.2, -0.15) is 0 Å². The van der Waals surface area contributed by atoms with Crippen LogP contribution in [0.25, 0.3) is 0 Å². The first-order valence-electron chi connectivity index (χ1n) is 3.73. The van der Waals surface area contributed by atoms with Crippen molar-refractivity contribution in [3.8, 4) is 0 Å². The Morgan fingerprint density at radius 2 is 2.08 bits per heavy atom. The molecule has 4 nitrogen and oxygen atoms in total. The van der Waals surface area contributed by atoms with Crippen molar-refractivity contribution in [3.63, 3.8) is 0 Å². The predicted octanol–water partition coefficient (Wildman–Crippen LogP) is 0.682. The fourth-order valence-corrected chi connectivity index (χ4v) is 2.44. The van der Waals surface area contributed by atoms with Crippen LogP contribution < -0.4 is 5.14 Å². The van der Waals surface area contributed by atoms with Crippen molar-refractivity contribution in [1.82, 2.24) is 0 Å². The summed E-state index contributed by atoms with van der Waals surface area (Å²) in [6.07, 6.45) is 0. The number of carbonyl (C=O) groups excluding carboxylic acids is 1. The maximum absolute atomic E-state index is 11.4. The van der Waals surface area contributed by atoms with Gasteiger partial charge in [0.15, 0.2) is 0 Å². The molecule has 0 fully saturated rings. The van der Waals surface area contributed by atoms with Crippen LogP contribution >= 0.6 is 0 Å². The van der Waals surface area contributed by atoms with Crippen LogP contribution in [0.15, 0.2) is 28.6 Å². The number of hydrogen-bond acceptors (Lipinski definition) is 2. The standard InChI is InChI=1S/C8H8N2O2S/c9-13(12)5-6-3-1-2-4-7(6)8(11)10-13/h1-4H,5H2,(H2,9,10,11,12). The van der Waals surface area contributed by atoms with Gasteiger partial charge in [0, 0.05) is 5.56 Å². The molecule has 1 aromatic rings. The van der Waals surface area contributed by atoms with E-state index in [2.05, 4.69) is 4.36 Å². The fraction of sp³-hybridized carbons (Fsp3) is 0.125. The van der Waals surface area contributed by atoms with Gasteiger partial charge in [-0.3, -0.25) is 4.79 Å². The second kappa shape index (κ2) is 2.65. The van der Waals surface area contributed by atoms with Crippen LogP contribution in [-0.4, -0.2) is 10.1 Å². The number of benzene rings is 1. The molecule has 1 atom stereocenters. The highest BCUT2D eigenvalue weighted by Crippen LogP contribution is 2.18. The van der Waals surface area contributed by atoms with Gasteiger partial charge in [-0.1, -0.05) is 18.2 Å². The summed E-state index contributed by atoms with van der Waals surface area (Å²) in [6.45, 7) is 0. The normalized spacial score (nSPS) is 26.4. The summed E-state index contributed by atoms with van der Waals surface area (Å²) in [4.78, 5) is 11.3. The predicted molar refractivity (Wildman–Crippen MR) is 49.2 cm³/mol. The first-order chi connectivity index (χ1) is 6.08. The molecule has 5 heteroatoms. The number of nitrogens with zero attached hydrogens (tertiary/aromatic N) is 1. The lowest BCUT2D eigenvalue weighted by Gasteiger charge is -2.12. The third kappa shape index (κ3) is 1.48. The third-order valence-electron chi connectivity index (χ3n) is 1.85. The van der Waals surface area contributed by atoms with Crippen LogP contribution in [0.2, 0.25) is 0 Å². The minimum absolute atomic E-state index is 0.162. The van der Waals surface area contributed by atoms with Crippen LogP contribution in [0.4, 0.5) is 0 Å². The van der Waals surface area contributed by atoms with Crippen molar-refractivity contribution in [3.05, 3.63) is 35.4 Å². The quantitative estimate of drug-likeness (QED) is 0.662. The summed E-state index contributed by atoms with van der Waals surface area (Å²) in [7, 11) is -2.82. The fourth-order valence-electron chi connectivity index (χ4n) is 1.30. The molecular formula is C8H8N2O2S. The van der Waals surface area contributed by atoms with Crippen molar-refractivity contribution in [2.75, 3.05) is 0 Å². The molecule has 1 amide bonds. The van der Waals surface area contributed by atoms with E-state index in [1.807, 2.05) is 0 Å². The van der Waals surface area contributed by atoms with Crippen LogP contribution in [0, 0.1) is 0 Å². The Bertz CT molecular complexity index is 487. The first-order valence-corrected chi connectivity index (χ1v) is 5.48. The van der Waals surface area contributed by atoms with E-state index in [9.17, 15) is 9.00 Å². The average molecular weight is 196 g/mol. The highest BCUT2D eigenvalue weighted by molar-refractivity contribution is 7.91. The molecule has 0 aliphatic carbocycles. The van der Waals surface area contributed by atoms with Gasteiger partial charge in [-0.15, -0.1) is 4.36 Å². The van der Waals surface area contributed by atoms with E-state index >= 15 is 0 Å². The number of amides is 1. The van der Waals surface area contributed by atoms with Crippen LogP contribution in [-0.2, 0) is 15.7 Å². The molecule has 1 aliphatic heterocycles. The van der Waals surface area contributed by atoms with E-state index in [0.29, 0.717) is 5.56 Å². The molecular weight excluding hydrogens is 188 g/mol. The van der Waals surface area contributed by atoms with Gasteiger partial charge >= 0.3 is 0 Å². The molecule has 0 radical (unpaired) electrons. The van der Waals surface area contributed by atoms with Crippen LogP contribution in [0.3, 0.4) is 0 Å². The molecule has 0 saturated heterocycles. The lowest BCUT2D eigenvalue weighted by molar-refractivity contribution is 0.100. The minimum Gasteiger partial charge on any atom is -0.266 e. The SMILES string of the molecule is NS1(=O)=NC(=O)c2ccccc2C1. The van der Waals surface area contributed by atoms with Crippen LogP contribution in [0.1, 0.15) is 15.9 Å². The second-order valence-corrected chi connectivity index (χ2v) is 4.74. The highest BCUT2D eigenvalue weighted by Gasteiger charge is 2.20. The zero-order valence-corrected chi connectivity index (χ0v) is 7.58. The molecule has 0 spiro atoms. The summed E-state index contributed by atoms with van der Waals surface area (Å²) < 4.78 is 14.8. The summed E-state index contributed by atoms with van der Waals surface area (Å²) >= 11 is 0. The van der Waals surface area contributed by atoms with Gasteiger partial charge in [-0.25, -0.2) is 9.35 Å². The van der Waals surface area contributed by atoms with Crippen molar-refractivity contribution in [2.45, 2.75) is 5.75 Å². The molecule has 68 valence electrons. The van der Waals surface area contributed by atoms with Crippen molar-refractivity contribution < 1.29 is 9.00 Å². The van der Waals surface area contributed by atoms with Crippen LogP contribution in [0.5, 0.6) is 0 Å². The highest BCUT2D eigenvalue weighted by atomic mass is 32.2. The number of fused-ring (bicyclic) bond motifs is 1. The number of hydrogen-bond donors (Lipinski definition) is 1. The molecule has 1 unspecified atom stereocenters. The number of carbonyl (C=O) groups is 1. The first kappa shape index (κ1) is 8.40. The second-order valence-electron chi connectivity index (χ2n) is 2.89. The van der Waals surface area contributed by atoms with Gasteiger partial charge in [0.25, 0.3) is 5.91 Å². The molecule has 13 heavy (non-hydrogen) atoms. The third-order valence-corrected chi connectivity index (χ3v) is 3.05. The summed E-state index contributed by atoms with van der Waals surface area (Å²) in [5, 5.41) is 5.32. The Labute approximate surface area is 76.1 Å². The van der Waals surface area contributed by atoms with E-state index in [1.54, 1.807) is 24.3 Å². The lowest BCUT2D eigenvalue weighted by atomic mass is 10.1. The Hall–Kier alpha value is -1.20. The number of nitrogens with two attached hydrogens (primary N) is 1. The van der Waals surface area contributed by atoms with E-state index in [-0.39, 0.29) is 5.75 Å². The lowest BCUT2D eigenvalue weighted by Crippen LogP contribution is -2.22. The molecule has 1 heterocycles. The summed E-state index contributed by atoms with van der Waals surface area (Å²) in [5.41, 5.74) is 1.22. The van der Waals surface area contributed by atoms with E-state index < -0.39 is 15.8 Å². The molecule has 2 N–H and O–H groups in total. The Morgan fingerprint density at radius 1 is 1.38 bits per heavy atom. The molecule has 0 saturated carbocycles. The Kier molecular flexibility index (Phi) is 1.71. The largest absolute Gasteiger partial charge is 0.286 e. The number of rotatable bonds is 0. The Balaban J connectivity index is 2.66. The average Bonchev–Trinajstić information content (AvgIpc) is 2.02. The zero-order valence-electron chi connectivity index (χ0n) is 6.77. The van der Waals surface area contributed by atoms with Gasteiger partial charge in [0.1, 0.15) is 9.92 Å². The van der Waals surface area contributed by atoms with Gasteiger partial charge in [-0.05, 0) is 11.6 Å². The summed E-state index contributed by atoms with van der Waals surface area (Å²) in [5.74, 6) is -0.316. The Morgan fingerprint density at radius 3 is 2.85 bits per heavy atom. The minimum atomic E-state index is -2.82. The van der Waals surface area contributed by atoms with E-state index in [4.69, 9.17) is 5.14 Å². The monoisotopic (exact) mass is 196 g/mol. The topological polar surface area (TPSA) is 72.5 Å². The molecule has 1 aromatic carbocycles. The van der Waals surface area contributed by atoms with E-state index in [0.717, 1.165) is 5.56 Å². The van der Waals surface area contributed by atoms with Gasteiger partial charge in [0.2, 0.25) is 0 Å². The molecule has 1 aliphatic rings. The smallest absolute Gasteiger partial charge is 0.266 e. The maximum atomic E-state index is 11.4. The van der Waals surface area contributed by atoms with Crippen molar-refractivity contribution >= 4 is 15.8 Å².